The van der Waals surface area contributed by atoms with Crippen LogP contribution < -0.4 is 5.32 Å². The molecule has 2 aromatic carbocycles. The average Bonchev–Trinajstić information content (AvgIpc) is 3.18. The zero-order valence-electron chi connectivity index (χ0n) is 16.1. The first-order valence-electron chi connectivity index (χ1n) is 9.85. The Hall–Kier alpha value is -1.97. The summed E-state index contributed by atoms with van der Waals surface area (Å²) >= 11 is 13.0. The van der Waals surface area contributed by atoms with Gasteiger partial charge in [-0.3, -0.25) is 4.79 Å². The van der Waals surface area contributed by atoms with Gasteiger partial charge in [0.15, 0.2) is 0 Å². The fourth-order valence-electron chi connectivity index (χ4n) is 4.51. The van der Waals surface area contributed by atoms with Crippen LogP contribution in [0.1, 0.15) is 53.7 Å². The summed E-state index contributed by atoms with van der Waals surface area (Å²) in [6, 6.07) is 11.7. The Morgan fingerprint density at radius 3 is 2.54 bits per heavy atom. The number of halogens is 2. The summed E-state index contributed by atoms with van der Waals surface area (Å²) < 4.78 is 0. The summed E-state index contributed by atoms with van der Waals surface area (Å²) in [5.74, 6) is 0.657. The van der Waals surface area contributed by atoms with Crippen LogP contribution in [0.2, 0.25) is 10.0 Å². The first-order valence-corrected chi connectivity index (χ1v) is 10.6. The molecule has 28 heavy (non-hydrogen) atoms. The number of carbonyl (C=O) groups excluding carboxylic acids is 1. The minimum Gasteiger partial charge on any atom is -0.378 e. The summed E-state index contributed by atoms with van der Waals surface area (Å²) in [5, 5.41) is 5.03. The van der Waals surface area contributed by atoms with Crippen molar-refractivity contribution in [3.8, 4) is 0 Å². The lowest BCUT2D eigenvalue weighted by atomic mass is 9.76. The number of anilines is 1. The SMILES string of the molecule is CCN(CC)C(=O)c1ccc2c(c1)C1C=CCC1C(c1c(Cl)cccc1Cl)N2. The van der Waals surface area contributed by atoms with E-state index < -0.39 is 0 Å². The maximum absolute atomic E-state index is 12.8. The summed E-state index contributed by atoms with van der Waals surface area (Å²) in [5.41, 5.74) is 3.93. The molecule has 0 spiro atoms. The van der Waals surface area contributed by atoms with E-state index >= 15 is 0 Å². The van der Waals surface area contributed by atoms with Crippen LogP contribution in [-0.2, 0) is 0 Å². The predicted octanol–water partition coefficient (Wildman–Crippen LogP) is 6.30. The Balaban J connectivity index is 1.74. The van der Waals surface area contributed by atoms with E-state index in [0.717, 1.165) is 23.2 Å². The molecule has 0 saturated heterocycles. The smallest absolute Gasteiger partial charge is 0.253 e. The van der Waals surface area contributed by atoms with Crippen molar-refractivity contribution in [2.24, 2.45) is 5.92 Å². The standard InChI is InChI=1S/C23H24Cl2N2O/c1-3-27(4-2)23(28)14-11-12-20-17(13-14)15-7-5-8-16(15)22(26-20)21-18(24)9-6-10-19(21)25/h5-7,9-13,15-16,22,26H,3-4,8H2,1-2H3. The Kier molecular flexibility index (Phi) is 5.39. The highest BCUT2D eigenvalue weighted by molar-refractivity contribution is 6.36. The maximum Gasteiger partial charge on any atom is 0.253 e. The van der Waals surface area contributed by atoms with Gasteiger partial charge < -0.3 is 10.2 Å². The van der Waals surface area contributed by atoms with E-state index in [4.69, 9.17) is 23.2 Å². The lowest BCUT2D eigenvalue weighted by Crippen LogP contribution is -2.32. The second-order valence-electron chi connectivity index (χ2n) is 7.39. The first-order chi connectivity index (χ1) is 13.5. The van der Waals surface area contributed by atoms with E-state index in [-0.39, 0.29) is 17.9 Å². The van der Waals surface area contributed by atoms with Crippen LogP contribution in [0, 0.1) is 5.92 Å². The summed E-state index contributed by atoms with van der Waals surface area (Å²) in [4.78, 5) is 14.7. The van der Waals surface area contributed by atoms with Gasteiger partial charge in [0, 0.05) is 45.9 Å². The molecule has 1 aliphatic carbocycles. The minimum atomic E-state index is 0.0398. The van der Waals surface area contributed by atoms with Crippen LogP contribution in [0.5, 0.6) is 0 Å². The average molecular weight is 415 g/mol. The molecule has 4 rings (SSSR count). The van der Waals surface area contributed by atoms with Crippen LogP contribution in [0.4, 0.5) is 5.69 Å². The molecule has 1 aliphatic heterocycles. The molecule has 0 radical (unpaired) electrons. The third kappa shape index (κ3) is 3.21. The van der Waals surface area contributed by atoms with E-state index in [1.165, 1.54) is 5.56 Å². The molecule has 3 atom stereocenters. The van der Waals surface area contributed by atoms with Crippen LogP contribution in [0.3, 0.4) is 0 Å². The fraction of sp³-hybridized carbons (Fsp3) is 0.348. The van der Waals surface area contributed by atoms with Crippen molar-refractivity contribution in [1.82, 2.24) is 4.90 Å². The largest absolute Gasteiger partial charge is 0.378 e. The van der Waals surface area contributed by atoms with Crippen molar-refractivity contribution in [2.45, 2.75) is 32.2 Å². The second-order valence-corrected chi connectivity index (χ2v) is 8.20. The highest BCUT2D eigenvalue weighted by Crippen LogP contribution is 2.52. The number of allylic oxidation sites excluding steroid dienone is 2. The third-order valence-electron chi connectivity index (χ3n) is 5.97. The Bertz CT molecular complexity index is 916. The van der Waals surface area contributed by atoms with Crippen molar-refractivity contribution in [3.05, 3.63) is 75.3 Å². The van der Waals surface area contributed by atoms with Crippen LogP contribution in [0.25, 0.3) is 0 Å². The van der Waals surface area contributed by atoms with Crippen LogP contribution >= 0.6 is 23.2 Å². The molecule has 146 valence electrons. The lowest BCUT2D eigenvalue weighted by molar-refractivity contribution is 0.0773. The van der Waals surface area contributed by atoms with Gasteiger partial charge in [0.2, 0.25) is 0 Å². The van der Waals surface area contributed by atoms with Crippen molar-refractivity contribution in [2.75, 3.05) is 18.4 Å². The van der Waals surface area contributed by atoms with E-state index in [1.54, 1.807) is 0 Å². The van der Waals surface area contributed by atoms with Gasteiger partial charge in [-0.15, -0.1) is 0 Å². The molecule has 1 amide bonds. The molecule has 2 aromatic rings. The van der Waals surface area contributed by atoms with Gasteiger partial charge >= 0.3 is 0 Å². The second kappa shape index (κ2) is 7.81. The summed E-state index contributed by atoms with van der Waals surface area (Å²) in [6.45, 7) is 5.44. The molecule has 0 saturated carbocycles. The van der Waals surface area contributed by atoms with E-state index in [9.17, 15) is 4.79 Å². The van der Waals surface area contributed by atoms with Crippen molar-refractivity contribution >= 4 is 34.8 Å². The highest BCUT2D eigenvalue weighted by Gasteiger charge is 2.39. The number of hydrogen-bond donors (Lipinski definition) is 1. The van der Waals surface area contributed by atoms with Gasteiger partial charge in [0.1, 0.15) is 0 Å². The number of hydrogen-bond acceptors (Lipinski definition) is 2. The molecule has 0 bridgehead atoms. The zero-order chi connectivity index (χ0) is 19.8. The topological polar surface area (TPSA) is 32.3 Å². The normalized spacial score (nSPS) is 22.4. The van der Waals surface area contributed by atoms with Gasteiger partial charge in [0.25, 0.3) is 5.91 Å². The molecule has 0 aromatic heterocycles. The van der Waals surface area contributed by atoms with Crippen molar-refractivity contribution in [3.63, 3.8) is 0 Å². The lowest BCUT2D eigenvalue weighted by Gasteiger charge is -2.38. The third-order valence-corrected chi connectivity index (χ3v) is 6.63. The number of nitrogens with zero attached hydrogens (tertiary/aromatic N) is 1. The van der Waals surface area contributed by atoms with Gasteiger partial charge in [-0.05, 0) is 62.1 Å². The van der Waals surface area contributed by atoms with Gasteiger partial charge in [-0.25, -0.2) is 0 Å². The van der Waals surface area contributed by atoms with Gasteiger partial charge in [0.05, 0.1) is 6.04 Å². The van der Waals surface area contributed by atoms with Crippen LogP contribution in [-0.4, -0.2) is 23.9 Å². The van der Waals surface area contributed by atoms with E-state index in [1.807, 2.05) is 49.1 Å². The zero-order valence-corrected chi connectivity index (χ0v) is 17.6. The van der Waals surface area contributed by atoms with Crippen LogP contribution in [0.15, 0.2) is 48.6 Å². The molecule has 3 nitrogen and oxygen atoms in total. The number of benzene rings is 2. The molecular formula is C23H24Cl2N2O. The number of carbonyl (C=O) groups is 1. The van der Waals surface area contributed by atoms with E-state index in [0.29, 0.717) is 29.1 Å². The molecule has 3 unspecified atom stereocenters. The van der Waals surface area contributed by atoms with Gasteiger partial charge in [-0.2, -0.15) is 0 Å². The number of nitrogens with one attached hydrogen (secondary N) is 1. The van der Waals surface area contributed by atoms with Crippen molar-refractivity contribution < 1.29 is 4.79 Å². The Labute approximate surface area is 176 Å². The Morgan fingerprint density at radius 2 is 1.86 bits per heavy atom. The fourth-order valence-corrected chi connectivity index (χ4v) is 5.15. The Morgan fingerprint density at radius 1 is 1.14 bits per heavy atom. The maximum atomic E-state index is 12.8. The number of amides is 1. The number of rotatable bonds is 4. The molecular weight excluding hydrogens is 391 g/mol. The first kappa shape index (κ1) is 19.4. The monoisotopic (exact) mass is 414 g/mol. The van der Waals surface area contributed by atoms with Gasteiger partial charge in [-0.1, -0.05) is 41.4 Å². The molecule has 5 heteroatoms. The number of fused-ring (bicyclic) bond motifs is 3. The molecule has 1 heterocycles. The summed E-state index contributed by atoms with van der Waals surface area (Å²) in [6.07, 6.45) is 5.44. The highest BCUT2D eigenvalue weighted by atomic mass is 35.5. The molecule has 2 aliphatic rings. The van der Waals surface area contributed by atoms with Crippen molar-refractivity contribution in [1.29, 1.82) is 0 Å². The molecule has 1 N–H and O–H groups in total. The minimum absolute atomic E-state index is 0.0398. The summed E-state index contributed by atoms with van der Waals surface area (Å²) in [7, 11) is 0. The quantitative estimate of drug-likeness (QED) is 0.594. The van der Waals surface area contributed by atoms with E-state index in [2.05, 4.69) is 23.5 Å². The predicted molar refractivity (Wildman–Crippen MR) is 117 cm³/mol. The molecule has 0 fully saturated rings.